The number of primary amides is 1. The maximum Gasteiger partial charge on any atom is 0.410 e. The van der Waals surface area contributed by atoms with Crippen LogP contribution in [0.4, 0.5) is 10.6 Å². The molecule has 2 aliphatic rings. The average Bonchev–Trinajstić information content (AvgIpc) is 3.09. The fraction of sp³-hybridized carbons (Fsp3) is 0.500. The van der Waals surface area contributed by atoms with E-state index in [9.17, 15) is 9.59 Å². The van der Waals surface area contributed by atoms with Gasteiger partial charge in [0, 0.05) is 13.1 Å². The first-order valence-corrected chi connectivity index (χ1v) is 10.7. The zero-order chi connectivity index (χ0) is 23.0. The number of carbonyl (C=O) groups excluding carboxylic acids is 2. The van der Waals surface area contributed by atoms with Gasteiger partial charge in [-0.2, -0.15) is 5.10 Å². The number of likely N-dealkylation sites (tertiary alicyclic amines) is 1. The first kappa shape index (κ1) is 21.8. The molecule has 2 unspecified atom stereocenters. The van der Waals surface area contributed by atoms with Crippen LogP contribution in [0.5, 0.6) is 11.5 Å². The maximum atomic E-state index is 12.6. The molecular weight excluding hydrogens is 414 g/mol. The first-order chi connectivity index (χ1) is 15.1. The molecule has 3 heterocycles. The van der Waals surface area contributed by atoms with Gasteiger partial charge in [0.2, 0.25) is 0 Å². The van der Waals surface area contributed by atoms with Gasteiger partial charge in [0.05, 0.1) is 6.04 Å². The van der Waals surface area contributed by atoms with E-state index in [2.05, 4.69) is 5.10 Å². The normalized spacial score (nSPS) is 20.7. The minimum Gasteiger partial charge on any atom is -0.485 e. The van der Waals surface area contributed by atoms with Crippen LogP contribution >= 0.6 is 0 Å². The highest BCUT2D eigenvalue weighted by Crippen LogP contribution is 2.38. The van der Waals surface area contributed by atoms with Crippen LogP contribution in [0.3, 0.4) is 0 Å². The molecule has 0 radical (unpaired) electrons. The molecule has 1 aromatic carbocycles. The molecule has 10 heteroatoms. The molecule has 0 aliphatic carbocycles. The second-order valence-electron chi connectivity index (χ2n) is 9.04. The van der Waals surface area contributed by atoms with Gasteiger partial charge in [-0.3, -0.25) is 4.79 Å². The molecule has 2 aliphatic heterocycles. The van der Waals surface area contributed by atoms with Crippen LogP contribution in [0.25, 0.3) is 0 Å². The van der Waals surface area contributed by atoms with Gasteiger partial charge in [-0.25, -0.2) is 9.48 Å². The number of fused-ring (bicyclic) bond motifs is 1. The van der Waals surface area contributed by atoms with Crippen LogP contribution in [-0.2, 0) is 4.74 Å². The predicted octanol–water partition coefficient (Wildman–Crippen LogP) is 2.65. The third kappa shape index (κ3) is 4.30. The summed E-state index contributed by atoms with van der Waals surface area (Å²) in [7, 11) is 0. The highest BCUT2D eigenvalue weighted by Gasteiger charge is 2.35. The van der Waals surface area contributed by atoms with Crippen molar-refractivity contribution in [2.45, 2.75) is 51.4 Å². The number of carbonyl (C=O) groups is 2. The van der Waals surface area contributed by atoms with E-state index in [-0.39, 0.29) is 30.1 Å². The Kier molecular flexibility index (Phi) is 5.62. The number of hydrogen-bond acceptors (Lipinski definition) is 7. The molecule has 1 saturated heterocycles. The van der Waals surface area contributed by atoms with Crippen molar-refractivity contribution in [3.8, 4) is 11.5 Å². The van der Waals surface area contributed by atoms with Gasteiger partial charge < -0.3 is 30.6 Å². The Morgan fingerprint density at radius 2 is 1.94 bits per heavy atom. The monoisotopic (exact) mass is 443 g/mol. The summed E-state index contributed by atoms with van der Waals surface area (Å²) < 4.78 is 18.9. The molecule has 4 N–H and O–H groups in total. The minimum atomic E-state index is -0.689. The Bertz CT molecular complexity index is 1030. The van der Waals surface area contributed by atoms with E-state index in [4.69, 9.17) is 25.7 Å². The number of rotatable bonds is 3. The number of benzene rings is 1. The van der Waals surface area contributed by atoms with E-state index in [0.29, 0.717) is 30.3 Å². The third-order valence-corrected chi connectivity index (χ3v) is 5.43. The number of anilines is 1. The maximum absolute atomic E-state index is 12.6. The van der Waals surface area contributed by atoms with Gasteiger partial charge in [0.25, 0.3) is 5.91 Å². The second kappa shape index (κ2) is 8.25. The topological polar surface area (TPSA) is 135 Å². The lowest BCUT2D eigenvalue weighted by atomic mass is 10.1. The molecule has 4 rings (SSSR count). The number of nitrogens with two attached hydrogens (primary N) is 2. The van der Waals surface area contributed by atoms with E-state index < -0.39 is 17.6 Å². The Balaban J connectivity index is 1.60. The van der Waals surface area contributed by atoms with Crippen LogP contribution in [0.1, 0.15) is 61.8 Å². The van der Waals surface area contributed by atoms with Gasteiger partial charge in [-0.1, -0.05) is 12.1 Å². The Morgan fingerprint density at radius 3 is 2.62 bits per heavy atom. The van der Waals surface area contributed by atoms with E-state index in [0.717, 1.165) is 12.8 Å². The number of ether oxygens (including phenoxy) is 3. The van der Waals surface area contributed by atoms with Gasteiger partial charge in [0.15, 0.2) is 17.6 Å². The highest BCUT2D eigenvalue weighted by molar-refractivity contribution is 5.98. The molecule has 1 aromatic heterocycles. The van der Waals surface area contributed by atoms with Crippen molar-refractivity contribution < 1.29 is 23.8 Å². The summed E-state index contributed by atoms with van der Waals surface area (Å²) in [5.74, 6) is 0.648. The number of nitrogen functional groups attached to an aromatic ring is 1. The molecule has 172 valence electrons. The summed E-state index contributed by atoms with van der Waals surface area (Å²) in [6.45, 7) is 6.60. The van der Waals surface area contributed by atoms with E-state index in [1.54, 1.807) is 21.7 Å². The Hall–Kier alpha value is -3.43. The number of para-hydroxylation sites is 2. The summed E-state index contributed by atoms with van der Waals surface area (Å²) in [6, 6.07) is 7.05. The van der Waals surface area contributed by atoms with Crippen LogP contribution in [-0.4, -0.2) is 52.0 Å². The van der Waals surface area contributed by atoms with Gasteiger partial charge in [-0.05, 0) is 45.7 Å². The van der Waals surface area contributed by atoms with E-state index >= 15 is 0 Å². The molecule has 2 aromatic rings. The smallest absolute Gasteiger partial charge is 0.410 e. The zero-order valence-electron chi connectivity index (χ0n) is 18.5. The Morgan fingerprint density at radius 1 is 1.22 bits per heavy atom. The molecule has 1 fully saturated rings. The quantitative estimate of drug-likeness (QED) is 0.744. The molecule has 10 nitrogen and oxygen atoms in total. The third-order valence-electron chi connectivity index (χ3n) is 5.43. The lowest BCUT2D eigenvalue weighted by Crippen LogP contribution is -2.43. The largest absolute Gasteiger partial charge is 0.485 e. The highest BCUT2D eigenvalue weighted by atomic mass is 16.6. The number of hydrogen-bond donors (Lipinski definition) is 2. The van der Waals surface area contributed by atoms with Crippen molar-refractivity contribution in [3.63, 3.8) is 0 Å². The van der Waals surface area contributed by atoms with Gasteiger partial charge >= 0.3 is 6.09 Å². The van der Waals surface area contributed by atoms with Gasteiger partial charge in [-0.15, -0.1) is 0 Å². The number of aromatic nitrogens is 2. The molecule has 0 spiro atoms. The lowest BCUT2D eigenvalue weighted by Gasteiger charge is -2.34. The van der Waals surface area contributed by atoms with E-state index in [1.165, 1.54) is 0 Å². The van der Waals surface area contributed by atoms with Crippen LogP contribution in [0, 0.1) is 0 Å². The fourth-order valence-electron chi connectivity index (χ4n) is 4.02. The van der Waals surface area contributed by atoms with Crippen molar-refractivity contribution in [1.82, 2.24) is 14.7 Å². The van der Waals surface area contributed by atoms with Crippen molar-refractivity contribution in [2.24, 2.45) is 5.73 Å². The van der Waals surface area contributed by atoms with Crippen LogP contribution in [0.2, 0.25) is 0 Å². The number of piperidine rings is 1. The minimum absolute atomic E-state index is 0.118. The molecule has 0 bridgehead atoms. The van der Waals surface area contributed by atoms with Crippen LogP contribution in [0.15, 0.2) is 24.3 Å². The molecule has 0 saturated carbocycles. The molecule has 32 heavy (non-hydrogen) atoms. The summed E-state index contributed by atoms with van der Waals surface area (Å²) in [5.41, 5.74) is 11.8. The van der Waals surface area contributed by atoms with Crippen molar-refractivity contribution in [1.29, 1.82) is 0 Å². The number of nitrogens with zero attached hydrogens (tertiary/aromatic N) is 3. The lowest BCUT2D eigenvalue weighted by molar-refractivity contribution is 0.0167. The molecule has 2 amide bonds. The summed E-state index contributed by atoms with van der Waals surface area (Å²) in [6.07, 6.45) is 0.472. The summed E-state index contributed by atoms with van der Waals surface area (Å²) in [5, 5.41) is 4.63. The fourth-order valence-corrected chi connectivity index (χ4v) is 4.02. The number of amides is 2. The standard InChI is InChI=1S/C22H29N5O5/c1-22(2,3)32-21(29)26-10-6-7-13(11-26)27-19(23)17(20(24)28)18(25-27)16-12-30-14-8-4-5-9-15(14)31-16/h4-5,8-9,13,16H,6-7,10-12,23H2,1-3H3,(H2,24,28). The first-order valence-electron chi connectivity index (χ1n) is 10.7. The van der Waals surface area contributed by atoms with Crippen molar-refractivity contribution >= 4 is 17.8 Å². The summed E-state index contributed by atoms with van der Waals surface area (Å²) >= 11 is 0. The van der Waals surface area contributed by atoms with Crippen molar-refractivity contribution in [2.75, 3.05) is 25.4 Å². The van der Waals surface area contributed by atoms with E-state index in [1.807, 2.05) is 32.9 Å². The molecular formula is C22H29N5O5. The Labute approximate surface area is 186 Å². The molecule has 2 atom stereocenters. The summed E-state index contributed by atoms with van der Waals surface area (Å²) in [4.78, 5) is 26.5. The van der Waals surface area contributed by atoms with Gasteiger partial charge in [0.1, 0.15) is 29.3 Å². The van der Waals surface area contributed by atoms with Crippen molar-refractivity contribution in [3.05, 3.63) is 35.5 Å². The SMILES string of the molecule is CC(C)(C)OC(=O)N1CCCC(n2nc(C3COc4ccccc4O3)c(C(N)=O)c2N)C1. The average molecular weight is 444 g/mol. The zero-order valence-corrected chi connectivity index (χ0v) is 18.5. The predicted molar refractivity (Wildman–Crippen MR) is 117 cm³/mol. The van der Waals surface area contributed by atoms with Crippen LogP contribution < -0.4 is 20.9 Å². The second-order valence-corrected chi connectivity index (χ2v) is 9.04.